The third-order valence-corrected chi connectivity index (χ3v) is 4.53. The minimum atomic E-state index is -2.19. The number of rotatable bonds is 5. The summed E-state index contributed by atoms with van der Waals surface area (Å²) in [5.41, 5.74) is 0. The van der Waals surface area contributed by atoms with E-state index in [1.807, 2.05) is 6.92 Å². The van der Waals surface area contributed by atoms with Crippen LogP contribution in [0.3, 0.4) is 0 Å². The highest BCUT2D eigenvalue weighted by atomic mass is 28.4. The fourth-order valence-corrected chi connectivity index (χ4v) is 2.15. The zero-order valence-electron chi connectivity index (χ0n) is 10.1. The molecule has 0 bridgehead atoms. The first kappa shape index (κ1) is 16.7. The molecule has 0 spiro atoms. The molecule has 0 aromatic rings. The van der Waals surface area contributed by atoms with Gasteiger partial charge in [-0.2, -0.15) is 0 Å². The minimum absolute atomic E-state index is 0.144. The Bertz CT molecular complexity index is 165. The minimum Gasteiger partial charge on any atom is -0.377 e. The average molecular weight is 235 g/mol. The van der Waals surface area contributed by atoms with Gasteiger partial charge in [0.2, 0.25) is 5.91 Å². The highest BCUT2D eigenvalue weighted by Gasteiger charge is 2.34. The van der Waals surface area contributed by atoms with E-state index in [2.05, 4.69) is 11.9 Å². The summed E-state index contributed by atoms with van der Waals surface area (Å²) in [6.07, 6.45) is 1.22. The molecule has 0 atom stereocenters. The summed E-state index contributed by atoms with van der Waals surface area (Å²) >= 11 is 0. The maximum atomic E-state index is 9.95. The van der Waals surface area contributed by atoms with Crippen LogP contribution in [0.4, 0.5) is 0 Å². The smallest absolute Gasteiger partial charge is 0.377 e. The van der Waals surface area contributed by atoms with Crippen molar-refractivity contribution in [3.8, 4) is 0 Å². The fourth-order valence-electron chi connectivity index (χ4n) is 0.785. The molecular formula is C9H21NO4Si. The van der Waals surface area contributed by atoms with Gasteiger partial charge in [-0.15, -0.1) is 0 Å². The molecule has 0 heterocycles. The average Bonchev–Trinajstić information content (AvgIpc) is 2.32. The maximum Gasteiger partial charge on any atom is 0.499 e. The molecule has 0 saturated heterocycles. The van der Waals surface area contributed by atoms with Crippen molar-refractivity contribution in [1.29, 1.82) is 0 Å². The molecule has 5 nitrogen and oxygen atoms in total. The lowest BCUT2D eigenvalue weighted by Crippen LogP contribution is -2.41. The normalized spacial score (nSPS) is 9.93. The first-order valence-corrected chi connectivity index (χ1v) is 6.48. The monoisotopic (exact) mass is 235 g/mol. The summed E-state index contributed by atoms with van der Waals surface area (Å²) in [6.45, 7) is 5.21. The Balaban J connectivity index is 0. The number of hydrogen-bond acceptors (Lipinski definition) is 4. The summed E-state index contributed by atoms with van der Waals surface area (Å²) in [5.74, 6) is -0.144. The van der Waals surface area contributed by atoms with Crippen LogP contribution in [-0.4, -0.2) is 43.1 Å². The number of carbonyl (C=O) groups excluding carboxylic acids is 1. The van der Waals surface area contributed by atoms with Crippen LogP contribution in [0.1, 0.15) is 6.92 Å². The lowest BCUT2D eigenvalue weighted by Gasteiger charge is -2.22. The number of nitrogens with one attached hydrogen (secondary N) is 1. The molecule has 0 rings (SSSR count). The van der Waals surface area contributed by atoms with E-state index in [-0.39, 0.29) is 5.91 Å². The molecule has 0 aliphatic heterocycles. The topological polar surface area (TPSA) is 56.8 Å². The predicted octanol–water partition coefficient (Wildman–Crippen LogP) is 0.803. The molecular weight excluding hydrogens is 214 g/mol. The van der Waals surface area contributed by atoms with Crippen LogP contribution >= 0.6 is 0 Å². The van der Waals surface area contributed by atoms with Crippen molar-refractivity contribution >= 4 is 14.7 Å². The van der Waals surface area contributed by atoms with Gasteiger partial charge in [0.05, 0.1) is 0 Å². The Labute approximate surface area is 92.8 Å². The van der Waals surface area contributed by atoms with E-state index in [1.165, 1.54) is 6.08 Å². The molecule has 90 valence electrons. The van der Waals surface area contributed by atoms with E-state index in [9.17, 15) is 4.79 Å². The summed E-state index contributed by atoms with van der Waals surface area (Å²) in [4.78, 5) is 9.95. The highest BCUT2D eigenvalue weighted by Crippen LogP contribution is 2.10. The zero-order valence-corrected chi connectivity index (χ0v) is 11.1. The van der Waals surface area contributed by atoms with Gasteiger partial charge in [-0.1, -0.05) is 13.5 Å². The lowest BCUT2D eigenvalue weighted by molar-refractivity contribution is -0.116. The van der Waals surface area contributed by atoms with E-state index in [1.54, 1.807) is 28.4 Å². The van der Waals surface area contributed by atoms with Crippen LogP contribution in [0.25, 0.3) is 0 Å². The fraction of sp³-hybridized carbons (Fsp3) is 0.667. The van der Waals surface area contributed by atoms with Crippen LogP contribution in [0, 0.1) is 0 Å². The lowest BCUT2D eigenvalue weighted by atomic mass is 10.6. The van der Waals surface area contributed by atoms with Gasteiger partial charge in [0, 0.05) is 34.4 Å². The predicted molar refractivity (Wildman–Crippen MR) is 61.5 cm³/mol. The van der Waals surface area contributed by atoms with E-state index < -0.39 is 8.80 Å². The van der Waals surface area contributed by atoms with Crippen molar-refractivity contribution in [3.05, 3.63) is 12.7 Å². The molecule has 1 amide bonds. The van der Waals surface area contributed by atoms with Crippen LogP contribution < -0.4 is 5.32 Å². The SMILES string of the molecule is C=CC(=O)NC.CC[Si](OC)(OC)OC. The van der Waals surface area contributed by atoms with Gasteiger partial charge < -0.3 is 18.6 Å². The second-order valence-corrected chi connectivity index (χ2v) is 5.77. The maximum absolute atomic E-state index is 9.95. The third-order valence-electron chi connectivity index (χ3n) is 1.80. The molecule has 0 aromatic carbocycles. The Kier molecular flexibility index (Phi) is 11.0. The zero-order chi connectivity index (χ0) is 12.3. The Morgan fingerprint density at radius 3 is 1.73 bits per heavy atom. The molecule has 0 aromatic heterocycles. The Morgan fingerprint density at radius 2 is 1.73 bits per heavy atom. The summed E-state index contributed by atoms with van der Waals surface area (Å²) < 4.78 is 15.2. The van der Waals surface area contributed by atoms with Crippen molar-refractivity contribution in [2.75, 3.05) is 28.4 Å². The first-order valence-electron chi connectivity index (χ1n) is 4.55. The molecule has 0 saturated carbocycles. The van der Waals surface area contributed by atoms with E-state index >= 15 is 0 Å². The van der Waals surface area contributed by atoms with Gasteiger partial charge in [-0.05, 0) is 6.08 Å². The first-order chi connectivity index (χ1) is 7.05. The van der Waals surface area contributed by atoms with Gasteiger partial charge >= 0.3 is 8.80 Å². The molecule has 15 heavy (non-hydrogen) atoms. The van der Waals surface area contributed by atoms with Gasteiger partial charge in [-0.25, -0.2) is 0 Å². The molecule has 0 radical (unpaired) electrons. The van der Waals surface area contributed by atoms with Gasteiger partial charge in [0.1, 0.15) is 0 Å². The van der Waals surface area contributed by atoms with E-state index in [0.29, 0.717) is 0 Å². The molecule has 0 aliphatic carbocycles. The van der Waals surface area contributed by atoms with Gasteiger partial charge in [0.15, 0.2) is 0 Å². The number of carbonyl (C=O) groups is 1. The molecule has 1 N–H and O–H groups in total. The number of amides is 1. The summed E-state index contributed by atoms with van der Waals surface area (Å²) in [6, 6.07) is 0.816. The van der Waals surface area contributed by atoms with Crippen molar-refractivity contribution in [1.82, 2.24) is 5.32 Å². The standard InChI is InChI=1S/C5H14O3Si.C4H7NO/c1-5-9(6-2,7-3)8-4;1-3-4(6)5-2/h5H2,1-4H3;3H,1H2,2H3,(H,5,6). The van der Waals surface area contributed by atoms with Crippen LogP contribution in [0.5, 0.6) is 0 Å². The van der Waals surface area contributed by atoms with Crippen LogP contribution in [-0.2, 0) is 18.1 Å². The largest absolute Gasteiger partial charge is 0.499 e. The van der Waals surface area contributed by atoms with E-state index in [4.69, 9.17) is 13.3 Å². The highest BCUT2D eigenvalue weighted by molar-refractivity contribution is 6.60. The molecule has 0 aliphatic rings. The van der Waals surface area contributed by atoms with Crippen LogP contribution in [0.2, 0.25) is 6.04 Å². The molecule has 0 fully saturated rings. The second kappa shape index (κ2) is 9.85. The molecule has 0 unspecified atom stereocenters. The van der Waals surface area contributed by atoms with Crippen molar-refractivity contribution in [2.45, 2.75) is 13.0 Å². The number of hydrogen-bond donors (Lipinski definition) is 1. The van der Waals surface area contributed by atoms with Gasteiger partial charge in [-0.3, -0.25) is 4.79 Å². The van der Waals surface area contributed by atoms with Crippen molar-refractivity contribution in [2.24, 2.45) is 0 Å². The Morgan fingerprint density at radius 1 is 1.33 bits per heavy atom. The summed E-state index contributed by atoms with van der Waals surface area (Å²) in [5, 5.41) is 2.36. The van der Waals surface area contributed by atoms with Crippen molar-refractivity contribution < 1.29 is 18.1 Å². The quantitative estimate of drug-likeness (QED) is 0.566. The van der Waals surface area contributed by atoms with Crippen molar-refractivity contribution in [3.63, 3.8) is 0 Å². The molecule has 6 heteroatoms. The van der Waals surface area contributed by atoms with E-state index in [0.717, 1.165) is 6.04 Å². The van der Waals surface area contributed by atoms with Crippen LogP contribution in [0.15, 0.2) is 12.7 Å². The Hall–Kier alpha value is -0.693. The number of likely N-dealkylation sites (N-methyl/N-ethyl adjacent to an activating group) is 1. The van der Waals surface area contributed by atoms with Gasteiger partial charge in [0.25, 0.3) is 0 Å². The third kappa shape index (κ3) is 7.26. The second-order valence-electron chi connectivity index (χ2n) is 2.47. The summed E-state index contributed by atoms with van der Waals surface area (Å²) in [7, 11) is 4.21.